The predicted molar refractivity (Wildman–Crippen MR) is 60.6 cm³/mol. The molecule has 0 saturated heterocycles. The molecule has 0 aromatic heterocycles. The van der Waals surface area contributed by atoms with E-state index in [2.05, 4.69) is 30.8 Å². The molecule has 1 fully saturated rings. The zero-order valence-electron chi connectivity index (χ0n) is 10.1. The lowest BCUT2D eigenvalue weighted by Gasteiger charge is -2.42. The first kappa shape index (κ1) is 12.8. The fourth-order valence-corrected chi connectivity index (χ4v) is 2.66. The number of hydrogen-bond donors (Lipinski definition) is 0. The summed E-state index contributed by atoms with van der Waals surface area (Å²) in [5.41, 5.74) is 0.139. The summed E-state index contributed by atoms with van der Waals surface area (Å²) in [5, 5.41) is 0. The van der Waals surface area contributed by atoms with Gasteiger partial charge in [-0.05, 0) is 30.1 Å². The Kier molecular flexibility index (Phi) is 4.17. The van der Waals surface area contributed by atoms with Crippen molar-refractivity contribution in [1.29, 1.82) is 0 Å². The first-order valence-electron chi connectivity index (χ1n) is 5.61. The van der Waals surface area contributed by atoms with Crippen LogP contribution in [0.4, 0.5) is 0 Å². The smallest absolute Gasteiger partial charge is 0.211 e. The van der Waals surface area contributed by atoms with Crippen LogP contribution in [0.3, 0.4) is 0 Å². The molecule has 0 bridgehead atoms. The van der Waals surface area contributed by atoms with E-state index in [0.29, 0.717) is 12.5 Å². The first-order valence-corrected chi connectivity index (χ1v) is 5.61. The van der Waals surface area contributed by atoms with E-state index < -0.39 is 0 Å². The highest BCUT2D eigenvalue weighted by atomic mass is 16.1. The van der Waals surface area contributed by atoms with Crippen LogP contribution in [0.25, 0.3) is 0 Å². The molecule has 88 valence electrons. The van der Waals surface area contributed by atoms with Gasteiger partial charge in [-0.25, -0.2) is 19.6 Å². The molecule has 0 spiro atoms. The lowest BCUT2D eigenvalue weighted by atomic mass is 9.65. The van der Waals surface area contributed by atoms with Crippen molar-refractivity contribution in [3.8, 4) is 0 Å². The number of hydrogen-bond acceptors (Lipinski definition) is 4. The van der Waals surface area contributed by atoms with Gasteiger partial charge in [0.15, 0.2) is 0 Å². The number of nitrogens with zero attached hydrogens (tertiary/aromatic N) is 2. The predicted octanol–water partition coefficient (Wildman–Crippen LogP) is 2.10. The molecular formula is C12H18N2O2. The molecule has 0 radical (unpaired) electrons. The Morgan fingerprint density at radius 2 is 1.94 bits per heavy atom. The average Bonchev–Trinajstić information content (AvgIpc) is 2.21. The van der Waals surface area contributed by atoms with E-state index in [9.17, 15) is 9.59 Å². The van der Waals surface area contributed by atoms with Crippen LogP contribution in [0, 0.1) is 17.3 Å². The van der Waals surface area contributed by atoms with Crippen molar-refractivity contribution < 1.29 is 9.59 Å². The third-order valence-electron chi connectivity index (χ3n) is 3.54. The van der Waals surface area contributed by atoms with E-state index in [1.807, 2.05) is 0 Å². The van der Waals surface area contributed by atoms with Crippen molar-refractivity contribution in [2.24, 2.45) is 27.2 Å². The summed E-state index contributed by atoms with van der Waals surface area (Å²) >= 11 is 0. The zero-order chi connectivity index (χ0) is 12.2. The van der Waals surface area contributed by atoms with Crippen molar-refractivity contribution in [2.75, 3.05) is 6.54 Å². The molecule has 0 amide bonds. The third kappa shape index (κ3) is 3.13. The summed E-state index contributed by atoms with van der Waals surface area (Å²) in [4.78, 5) is 28.1. The Balaban J connectivity index is 2.83. The molecular weight excluding hydrogens is 204 g/mol. The third-order valence-corrected chi connectivity index (χ3v) is 3.54. The summed E-state index contributed by atoms with van der Waals surface area (Å²) in [6.07, 6.45) is 5.12. The van der Waals surface area contributed by atoms with Gasteiger partial charge in [-0.1, -0.05) is 20.8 Å². The molecule has 1 aliphatic carbocycles. The lowest BCUT2D eigenvalue weighted by molar-refractivity contribution is 0.111. The maximum Gasteiger partial charge on any atom is 0.235 e. The van der Waals surface area contributed by atoms with Gasteiger partial charge in [-0.2, -0.15) is 0 Å². The van der Waals surface area contributed by atoms with Crippen LogP contribution in [0.5, 0.6) is 0 Å². The second-order valence-corrected chi connectivity index (χ2v) is 5.41. The highest BCUT2D eigenvalue weighted by Crippen LogP contribution is 2.43. The summed E-state index contributed by atoms with van der Waals surface area (Å²) in [7, 11) is 0. The molecule has 4 heteroatoms. The van der Waals surface area contributed by atoms with E-state index >= 15 is 0 Å². The fourth-order valence-electron chi connectivity index (χ4n) is 2.66. The molecule has 0 aliphatic heterocycles. The highest BCUT2D eigenvalue weighted by molar-refractivity contribution is 5.34. The molecule has 3 unspecified atom stereocenters. The largest absolute Gasteiger partial charge is 0.235 e. The monoisotopic (exact) mass is 222 g/mol. The van der Waals surface area contributed by atoms with Crippen LogP contribution >= 0.6 is 0 Å². The van der Waals surface area contributed by atoms with Crippen LogP contribution in [-0.4, -0.2) is 24.7 Å². The number of rotatable bonds is 3. The Morgan fingerprint density at radius 1 is 1.25 bits per heavy atom. The van der Waals surface area contributed by atoms with Crippen molar-refractivity contribution in [3.63, 3.8) is 0 Å². The maximum absolute atomic E-state index is 10.4. The van der Waals surface area contributed by atoms with Gasteiger partial charge in [0.05, 0.1) is 12.6 Å². The summed E-state index contributed by atoms with van der Waals surface area (Å²) in [6, 6.07) is 0.00750. The normalized spacial score (nSPS) is 32.3. The van der Waals surface area contributed by atoms with Gasteiger partial charge in [0.1, 0.15) is 0 Å². The molecule has 0 aromatic carbocycles. The van der Waals surface area contributed by atoms with Crippen LogP contribution < -0.4 is 0 Å². The molecule has 0 N–H and O–H groups in total. The quantitative estimate of drug-likeness (QED) is 0.542. The van der Waals surface area contributed by atoms with E-state index in [-0.39, 0.29) is 17.4 Å². The van der Waals surface area contributed by atoms with Gasteiger partial charge in [-0.15, -0.1) is 0 Å². The minimum absolute atomic E-state index is 0.00750. The van der Waals surface area contributed by atoms with E-state index in [0.717, 1.165) is 12.8 Å². The molecule has 1 saturated carbocycles. The van der Waals surface area contributed by atoms with Crippen LogP contribution in [-0.2, 0) is 9.59 Å². The molecule has 4 nitrogen and oxygen atoms in total. The highest BCUT2D eigenvalue weighted by Gasteiger charge is 2.39. The van der Waals surface area contributed by atoms with Gasteiger partial charge in [0.25, 0.3) is 0 Å². The van der Waals surface area contributed by atoms with E-state index in [1.165, 1.54) is 0 Å². The second kappa shape index (κ2) is 5.20. The summed E-state index contributed by atoms with van der Waals surface area (Å²) in [6.45, 7) is 6.86. The Hall–Kier alpha value is -1.24. The first-order chi connectivity index (χ1) is 7.50. The Morgan fingerprint density at radius 3 is 2.50 bits per heavy atom. The van der Waals surface area contributed by atoms with Gasteiger partial charge in [-0.3, -0.25) is 0 Å². The van der Waals surface area contributed by atoms with Crippen LogP contribution in [0.1, 0.15) is 33.6 Å². The number of carbonyl (C=O) groups excluding carboxylic acids is 2. The molecule has 16 heavy (non-hydrogen) atoms. The zero-order valence-corrected chi connectivity index (χ0v) is 10.1. The average molecular weight is 222 g/mol. The van der Waals surface area contributed by atoms with Crippen molar-refractivity contribution in [2.45, 2.75) is 39.7 Å². The maximum atomic E-state index is 10.4. The Labute approximate surface area is 95.9 Å². The molecule has 3 atom stereocenters. The topological polar surface area (TPSA) is 58.9 Å². The second-order valence-electron chi connectivity index (χ2n) is 5.41. The Bertz CT molecular complexity index is 339. The minimum Gasteiger partial charge on any atom is -0.211 e. The van der Waals surface area contributed by atoms with E-state index in [1.54, 1.807) is 12.2 Å². The summed E-state index contributed by atoms with van der Waals surface area (Å²) in [5.74, 6) is 0.568. The lowest BCUT2D eigenvalue weighted by Crippen LogP contribution is -2.39. The van der Waals surface area contributed by atoms with Crippen molar-refractivity contribution in [3.05, 3.63) is 0 Å². The molecule has 1 aliphatic rings. The van der Waals surface area contributed by atoms with Crippen LogP contribution in [0.15, 0.2) is 9.98 Å². The standard InChI is InChI=1S/C12H18N2O2/c1-9-10(6-13-7-15)4-12(2,3)5-11(9)14-8-16/h9-11H,4-6H2,1-3H3. The molecule has 0 aromatic rings. The van der Waals surface area contributed by atoms with Gasteiger partial charge < -0.3 is 0 Å². The van der Waals surface area contributed by atoms with Crippen molar-refractivity contribution in [1.82, 2.24) is 0 Å². The van der Waals surface area contributed by atoms with Gasteiger partial charge in [0.2, 0.25) is 12.2 Å². The fraction of sp³-hybridized carbons (Fsp3) is 0.833. The number of aliphatic imine (C=N–C) groups is 2. The van der Waals surface area contributed by atoms with Crippen molar-refractivity contribution >= 4 is 12.2 Å². The van der Waals surface area contributed by atoms with Gasteiger partial charge in [0, 0.05) is 0 Å². The SMILES string of the molecule is CC1C(CN=C=O)CC(C)(C)CC1N=C=O. The summed E-state index contributed by atoms with van der Waals surface area (Å²) < 4.78 is 0. The van der Waals surface area contributed by atoms with Crippen LogP contribution in [0.2, 0.25) is 0 Å². The number of isocyanates is 2. The molecule has 1 rings (SSSR count). The molecule has 0 heterocycles. The van der Waals surface area contributed by atoms with Gasteiger partial charge >= 0.3 is 0 Å². The minimum atomic E-state index is 0.00750. The van der Waals surface area contributed by atoms with E-state index in [4.69, 9.17) is 0 Å².